The number of rotatable bonds is 37. The Morgan fingerprint density at radius 3 is 1.88 bits per heavy atom. The summed E-state index contributed by atoms with van der Waals surface area (Å²) in [5, 5.41) is 139. The van der Waals surface area contributed by atoms with Gasteiger partial charge < -0.3 is 146 Å². The molecule has 0 aromatic carbocycles. The largest absolute Gasteiger partial charge is 0.510 e. The number of aliphatic carboxylic acids is 1. The Balaban J connectivity index is 1.25. The van der Waals surface area contributed by atoms with Crippen LogP contribution in [0.1, 0.15) is 127 Å². The predicted octanol–water partition coefficient (Wildman–Crippen LogP) is -2.03. The van der Waals surface area contributed by atoms with Crippen LogP contribution >= 0.6 is 7.82 Å². The van der Waals surface area contributed by atoms with E-state index in [1.165, 1.54) is 18.1 Å². The topological polar surface area (TPSA) is 608 Å². The molecular weight excluding hydrogens is 1470 g/mol. The number of hydrogen-bond donors (Lipinski definition) is 18. The molecule has 5 aliphatic heterocycles. The number of allylic oxidation sites excluding steroid dienone is 10. The van der Waals surface area contributed by atoms with Gasteiger partial charge in [0.25, 0.3) is 5.91 Å². The number of primary amides is 2. The lowest BCUT2D eigenvalue weighted by Crippen LogP contribution is -2.72. The van der Waals surface area contributed by atoms with Crippen LogP contribution in [-0.4, -0.2) is 293 Å². The molecule has 0 spiro atoms. The molecule has 6 rings (SSSR count). The van der Waals surface area contributed by atoms with E-state index in [0.29, 0.717) is 12.8 Å². The van der Waals surface area contributed by atoms with Crippen LogP contribution in [-0.2, 0) is 94.5 Å². The summed E-state index contributed by atoms with van der Waals surface area (Å²) in [4.78, 5) is 102. The van der Waals surface area contributed by atoms with Gasteiger partial charge in [0.05, 0.1) is 32.5 Å². The molecule has 5 saturated heterocycles. The lowest BCUT2D eigenvalue weighted by Gasteiger charge is -2.52. The number of carboxylic acid groups (broad SMARTS) is 1. The third-order valence-electron chi connectivity index (χ3n) is 18.9. The smallest absolute Gasteiger partial charge is 0.474 e. The first-order chi connectivity index (χ1) is 50.9. The van der Waals surface area contributed by atoms with Crippen LogP contribution in [0.15, 0.2) is 70.7 Å². The summed E-state index contributed by atoms with van der Waals surface area (Å²) < 4.78 is 88.9. The molecular formula is C69H108N5O34P. The van der Waals surface area contributed by atoms with E-state index >= 15 is 0 Å². The number of carboxylic acids is 1. The van der Waals surface area contributed by atoms with Crippen molar-refractivity contribution in [2.24, 2.45) is 16.9 Å². The molecule has 0 saturated carbocycles. The molecule has 618 valence electrons. The molecule has 0 aromatic heterocycles. The van der Waals surface area contributed by atoms with Crippen LogP contribution < -0.4 is 27.4 Å². The Hall–Kier alpha value is -6.16. The summed E-state index contributed by atoms with van der Waals surface area (Å²) in [6.45, 7) is 16.8. The van der Waals surface area contributed by atoms with Gasteiger partial charge in [0, 0.05) is 26.7 Å². The van der Waals surface area contributed by atoms with E-state index < -0.39 is 240 Å². The number of hydrogen-bond acceptors (Lipinski definition) is 32. The summed E-state index contributed by atoms with van der Waals surface area (Å²) in [6.07, 6.45) is -35.4. The van der Waals surface area contributed by atoms with Gasteiger partial charge in [-0.2, -0.15) is 0 Å². The van der Waals surface area contributed by atoms with Gasteiger partial charge in [0.1, 0.15) is 102 Å². The van der Waals surface area contributed by atoms with Crippen molar-refractivity contribution < 1.29 is 165 Å². The second-order valence-corrected chi connectivity index (χ2v) is 30.3. The van der Waals surface area contributed by atoms with Gasteiger partial charge >= 0.3 is 19.9 Å². The Morgan fingerprint density at radius 2 is 1.29 bits per heavy atom. The third-order valence-corrected chi connectivity index (χ3v) is 19.9. The molecule has 27 atom stereocenters. The Bertz CT molecular complexity index is 3360. The summed E-state index contributed by atoms with van der Waals surface area (Å²) in [6, 6.07) is -4.00. The number of phosphoric acid groups is 1. The van der Waals surface area contributed by atoms with Crippen LogP contribution in [0, 0.1) is 5.41 Å². The highest BCUT2D eigenvalue weighted by Gasteiger charge is 2.62. The van der Waals surface area contributed by atoms with Gasteiger partial charge in [-0.1, -0.05) is 73.1 Å². The van der Waals surface area contributed by atoms with Crippen molar-refractivity contribution in [3.63, 3.8) is 0 Å². The summed E-state index contributed by atoms with van der Waals surface area (Å²) in [5.41, 5.74) is 12.0. The van der Waals surface area contributed by atoms with Crippen molar-refractivity contribution >= 4 is 49.3 Å². The van der Waals surface area contributed by atoms with Crippen molar-refractivity contribution in [2.45, 2.75) is 286 Å². The number of Topliss-reactive ketones (excluding diaryl/α,β-unsaturated/α-hetero) is 1. The van der Waals surface area contributed by atoms with Crippen molar-refractivity contribution in [1.29, 1.82) is 0 Å². The molecule has 40 heteroatoms. The first kappa shape index (κ1) is 91.7. The lowest BCUT2D eigenvalue weighted by molar-refractivity contribution is -0.375. The quantitative estimate of drug-likeness (QED) is 0.0236. The molecule has 1 aliphatic carbocycles. The number of ether oxygens (including phenoxy) is 11. The molecule has 1 unspecified atom stereocenters. The zero-order valence-electron chi connectivity index (χ0n) is 62.2. The number of nitrogens with two attached hydrogens (primary N) is 2. The highest BCUT2D eigenvalue weighted by molar-refractivity contribution is 7.47. The summed E-state index contributed by atoms with van der Waals surface area (Å²) in [5.74, 6) is -7.66. The van der Waals surface area contributed by atoms with E-state index in [2.05, 4.69) is 75.4 Å². The second-order valence-electron chi connectivity index (χ2n) is 28.9. The minimum absolute atomic E-state index is 0.128. The van der Waals surface area contributed by atoms with E-state index in [4.69, 9.17) is 72.6 Å². The minimum Gasteiger partial charge on any atom is -0.510 e. The average Bonchev–Trinajstić information content (AvgIpc) is 1.80. The number of ketones is 1. The fraction of sp³-hybridized carbons (Fsp3) is 0.725. The average molecular weight is 1580 g/mol. The highest BCUT2D eigenvalue weighted by atomic mass is 31.2. The number of phosphoric ester groups is 1. The first-order valence-corrected chi connectivity index (χ1v) is 36.9. The van der Waals surface area contributed by atoms with Gasteiger partial charge in [-0.15, -0.1) is 0 Å². The van der Waals surface area contributed by atoms with Crippen LogP contribution in [0.25, 0.3) is 0 Å². The van der Waals surface area contributed by atoms with Gasteiger partial charge in [0.15, 0.2) is 67.8 Å². The molecule has 0 bridgehead atoms. The molecule has 20 N–H and O–H groups in total. The zero-order valence-corrected chi connectivity index (χ0v) is 63.1. The van der Waals surface area contributed by atoms with Crippen LogP contribution in [0.4, 0.5) is 4.79 Å². The maximum absolute atomic E-state index is 14.1. The maximum atomic E-state index is 14.1. The van der Waals surface area contributed by atoms with E-state index in [9.17, 15) is 104 Å². The fourth-order valence-corrected chi connectivity index (χ4v) is 13.5. The van der Waals surface area contributed by atoms with Crippen molar-refractivity contribution in [3.05, 3.63) is 70.7 Å². The number of aliphatic hydroxyl groups excluding tert-OH is 10. The Kier molecular flexibility index (Phi) is 34.1. The molecule has 5 amide bonds. The number of amides is 5. The number of carbonyl (C=O) groups excluding carboxylic acids is 6. The van der Waals surface area contributed by atoms with E-state index in [1.807, 2.05) is 6.08 Å². The van der Waals surface area contributed by atoms with Gasteiger partial charge in [-0.05, 0) is 91.9 Å². The molecule has 39 nitrogen and oxygen atoms in total. The fourth-order valence-electron chi connectivity index (χ4n) is 12.6. The SMILES string of the molecule is C=C(C/C=C(/C)CCC=C(C)C)CCC(C)(C)/C=C/CC/C(C)=C\CO[C@H](COP(=O)(O)O[C@H]1O[C@H](C(N)=O)[C@@](C)(O)[C@H](OC(N)=O)[C@H]1O[C@@H]1O[C@H](CO[C@@H]2O[C@H](CO)[C@@H](O)[C@H](O)[C@H]2O)[C@@H](O[C@@H]2O[C@H](C)[C@@H](O[C@@H]3O[C@H](C(=O)NC4=C(O)CCC4=O)[C@H](O)[C@H](O)[C@H]3O)[C@H](O)[C@H]2NC(C)=O)[C@H](O)[C@H]1NC(C)=O)C(=O)O. The number of nitrogens with one attached hydrogen (secondary N) is 3. The number of aliphatic hydroxyl groups is 11. The maximum Gasteiger partial charge on any atom is 0.474 e. The molecule has 0 radical (unpaired) electrons. The first-order valence-electron chi connectivity index (χ1n) is 35.4. The molecule has 6 aliphatic rings. The summed E-state index contributed by atoms with van der Waals surface area (Å²) >= 11 is 0. The summed E-state index contributed by atoms with van der Waals surface area (Å²) in [7, 11) is -5.85. The minimum atomic E-state index is -5.85. The Morgan fingerprint density at radius 1 is 0.716 bits per heavy atom. The van der Waals surface area contributed by atoms with Gasteiger partial charge in [0.2, 0.25) is 17.7 Å². The van der Waals surface area contributed by atoms with E-state index in [0.717, 1.165) is 64.0 Å². The van der Waals surface area contributed by atoms with Crippen molar-refractivity contribution in [3.8, 4) is 0 Å². The predicted molar refractivity (Wildman–Crippen MR) is 372 cm³/mol. The second kappa shape index (κ2) is 40.5. The van der Waals surface area contributed by atoms with Crippen LogP contribution in [0.3, 0.4) is 0 Å². The van der Waals surface area contributed by atoms with E-state index in [1.54, 1.807) is 13.0 Å². The molecule has 109 heavy (non-hydrogen) atoms. The molecule has 0 aromatic rings. The molecule has 5 fully saturated rings. The number of carbonyl (C=O) groups is 7. The molecule has 5 heterocycles. The zero-order chi connectivity index (χ0) is 81.5. The highest BCUT2D eigenvalue weighted by Crippen LogP contribution is 2.49. The van der Waals surface area contributed by atoms with Crippen molar-refractivity contribution in [2.75, 3.05) is 26.4 Å². The van der Waals surface area contributed by atoms with Gasteiger partial charge in [-0.25, -0.2) is 14.2 Å². The normalized spacial score (nSPS) is 35.6. The van der Waals surface area contributed by atoms with Crippen LogP contribution in [0.5, 0.6) is 0 Å². The van der Waals surface area contributed by atoms with Crippen molar-refractivity contribution in [1.82, 2.24) is 16.0 Å². The monoisotopic (exact) mass is 1580 g/mol. The van der Waals surface area contributed by atoms with Gasteiger partial charge in [-0.3, -0.25) is 33.0 Å². The standard InChI is InChI=1S/C69H108N5O34P/c1-30(2)15-14-17-31(3)18-19-33(5)22-25-68(9,10)24-13-12-16-32(4)23-26-96-41(61(90)91)29-98-109(94,95)108-66-56(57(107-67(71)92)69(11,93)58(106-66)59(70)88)105-63-44(73-36(8)77)47(82)54(40(101-63)28-97-64-51(86)48(83)45(80)39(27-75)100-64)103-62-43(72-35(7)76)46(81)53(34(6)99-62)102-65-52(87)49(84)50(85)55(104-65)60(89)74-42-37(78)20-21-38(42)79/h13,15,18,23-24,34,39-41,43-58,62-66,75,78,80-87,93H,5,12,14,16-17,19-22,25-29H2,1-4,6-11H3,(H2,70,88)(H2,71,92)(H,72,76)(H,73,77)(H,74,89)(H,90,91)(H,94,95)/b24-13+,31-18-,32-23-/t34-,39-,40-,41-,43-,44-,45-,46-,47-,48+,49+,50-,51-,52-,53-,54-,55+,56-,57-,58-,62+,63+,64-,65-,66-,69+/m1/s1. The van der Waals surface area contributed by atoms with Crippen LogP contribution in [0.2, 0.25) is 0 Å². The van der Waals surface area contributed by atoms with E-state index in [-0.39, 0.29) is 24.9 Å². The lowest BCUT2D eigenvalue weighted by atomic mass is 9.85. The third kappa shape index (κ3) is 25.4. The Labute approximate surface area is 628 Å².